The van der Waals surface area contributed by atoms with Gasteiger partial charge >= 0.3 is 0 Å². The number of hydrogen-bond donors (Lipinski definition) is 1. The van der Waals surface area contributed by atoms with Crippen molar-refractivity contribution < 1.29 is 14.3 Å². The van der Waals surface area contributed by atoms with Gasteiger partial charge in [-0.05, 0) is 55.5 Å². The molecule has 0 spiro atoms. The molecule has 144 valence electrons. The molecule has 0 bridgehead atoms. The predicted octanol–water partition coefficient (Wildman–Crippen LogP) is 4.99. The number of hydrogen-bond acceptors (Lipinski definition) is 4. The Balaban J connectivity index is 2.10. The summed E-state index contributed by atoms with van der Waals surface area (Å²) in [5.74, 6) is -0.675. The van der Waals surface area contributed by atoms with Crippen molar-refractivity contribution in [1.29, 1.82) is 0 Å². The zero-order valence-corrected chi connectivity index (χ0v) is 18.4. The molecular formula is C19H13BrCl2N2O3S. The molecule has 1 saturated heterocycles. The second-order valence-corrected chi connectivity index (χ2v) is 7.73. The lowest BCUT2D eigenvalue weighted by molar-refractivity contribution is -0.122. The van der Waals surface area contributed by atoms with Gasteiger partial charge in [0.2, 0.25) is 0 Å². The van der Waals surface area contributed by atoms with Crippen molar-refractivity contribution in [3.05, 3.63) is 62.1 Å². The maximum Gasteiger partial charge on any atom is 0.270 e. The van der Waals surface area contributed by atoms with E-state index in [2.05, 4.69) is 21.2 Å². The van der Waals surface area contributed by atoms with Gasteiger partial charge in [-0.2, -0.15) is 0 Å². The molecule has 1 N–H and O–H groups in total. The molecule has 1 aliphatic rings. The van der Waals surface area contributed by atoms with Gasteiger partial charge in [0.05, 0.1) is 22.3 Å². The monoisotopic (exact) mass is 498 g/mol. The largest absolute Gasteiger partial charge is 0.493 e. The zero-order valence-electron chi connectivity index (χ0n) is 14.5. The highest BCUT2D eigenvalue weighted by Crippen LogP contribution is 2.35. The Kier molecular flexibility index (Phi) is 6.40. The van der Waals surface area contributed by atoms with E-state index in [-0.39, 0.29) is 26.4 Å². The first-order chi connectivity index (χ1) is 13.3. The summed E-state index contributed by atoms with van der Waals surface area (Å²) in [6.07, 6.45) is 1.46. The van der Waals surface area contributed by atoms with Crippen molar-refractivity contribution >= 4 is 80.0 Å². The number of thiocarbonyl (C=S) groups is 1. The number of anilines is 1. The Labute approximate surface area is 185 Å². The molecule has 28 heavy (non-hydrogen) atoms. The first kappa shape index (κ1) is 20.8. The quantitative estimate of drug-likeness (QED) is 0.366. The molecule has 0 aromatic heterocycles. The molecule has 0 aliphatic carbocycles. The summed E-state index contributed by atoms with van der Waals surface area (Å²) < 4.78 is 6.36. The van der Waals surface area contributed by atoms with E-state index in [4.69, 9.17) is 40.2 Å². The third-order valence-electron chi connectivity index (χ3n) is 3.85. The van der Waals surface area contributed by atoms with Gasteiger partial charge in [-0.3, -0.25) is 19.8 Å². The number of ether oxygens (including phenoxy) is 1. The summed E-state index contributed by atoms with van der Waals surface area (Å²) in [5.41, 5.74) is 0.748. The fourth-order valence-electron chi connectivity index (χ4n) is 2.62. The Hall–Kier alpha value is -1.93. The highest BCUT2D eigenvalue weighted by Gasteiger charge is 2.35. The summed E-state index contributed by atoms with van der Waals surface area (Å²) in [6.45, 7) is 2.28. The van der Waals surface area contributed by atoms with E-state index in [1.54, 1.807) is 30.3 Å². The van der Waals surface area contributed by atoms with Crippen molar-refractivity contribution in [3.63, 3.8) is 0 Å². The number of carbonyl (C=O) groups excluding carboxylic acids is 2. The lowest BCUT2D eigenvalue weighted by atomic mass is 10.1. The normalized spacial score (nSPS) is 15.8. The minimum atomic E-state index is -0.611. The van der Waals surface area contributed by atoms with Crippen molar-refractivity contribution in [2.24, 2.45) is 0 Å². The van der Waals surface area contributed by atoms with Gasteiger partial charge in [0.15, 0.2) is 5.11 Å². The van der Waals surface area contributed by atoms with Crippen molar-refractivity contribution in [3.8, 4) is 5.75 Å². The van der Waals surface area contributed by atoms with Gasteiger partial charge in [0.1, 0.15) is 11.3 Å². The first-order valence-corrected chi connectivity index (χ1v) is 10.1. The van der Waals surface area contributed by atoms with Crippen LogP contribution in [-0.2, 0) is 9.59 Å². The van der Waals surface area contributed by atoms with Gasteiger partial charge in [0, 0.05) is 10.0 Å². The third kappa shape index (κ3) is 4.07. The van der Waals surface area contributed by atoms with Gasteiger partial charge in [-0.15, -0.1) is 0 Å². The average Bonchev–Trinajstić information content (AvgIpc) is 2.64. The number of carbonyl (C=O) groups is 2. The lowest BCUT2D eigenvalue weighted by Crippen LogP contribution is -2.54. The summed E-state index contributed by atoms with van der Waals surface area (Å²) in [6, 6.07) is 10.1. The van der Waals surface area contributed by atoms with E-state index in [1.807, 2.05) is 13.0 Å². The zero-order chi connectivity index (χ0) is 20.4. The maximum absolute atomic E-state index is 13.1. The van der Waals surface area contributed by atoms with Crippen LogP contribution in [0.4, 0.5) is 5.69 Å². The van der Waals surface area contributed by atoms with Crippen LogP contribution in [-0.4, -0.2) is 23.5 Å². The molecule has 0 radical (unpaired) electrons. The summed E-state index contributed by atoms with van der Waals surface area (Å²) in [7, 11) is 0. The fourth-order valence-corrected chi connectivity index (χ4v) is 3.65. The number of rotatable bonds is 4. The molecule has 0 unspecified atom stereocenters. The Morgan fingerprint density at radius 3 is 2.71 bits per heavy atom. The lowest BCUT2D eigenvalue weighted by Gasteiger charge is -2.29. The molecule has 0 atom stereocenters. The Morgan fingerprint density at radius 2 is 2.00 bits per heavy atom. The van der Waals surface area contributed by atoms with E-state index in [9.17, 15) is 9.59 Å². The smallest absolute Gasteiger partial charge is 0.270 e. The SMILES string of the molecule is CCOc1ccc(Br)cc1/C=C1\C(=O)NC(=S)N(c2cccc(Cl)c2Cl)C1=O. The van der Waals surface area contributed by atoms with Crippen molar-refractivity contribution in [2.45, 2.75) is 6.92 Å². The van der Waals surface area contributed by atoms with Crippen molar-refractivity contribution in [1.82, 2.24) is 5.32 Å². The van der Waals surface area contributed by atoms with Crippen LogP contribution in [0, 0.1) is 0 Å². The number of amides is 2. The second-order valence-electron chi connectivity index (χ2n) is 5.65. The average molecular weight is 500 g/mol. The van der Waals surface area contributed by atoms with Crippen LogP contribution in [0.25, 0.3) is 6.08 Å². The molecule has 2 aromatic carbocycles. The number of nitrogens with one attached hydrogen (secondary N) is 1. The molecule has 9 heteroatoms. The molecular weight excluding hydrogens is 487 g/mol. The number of benzene rings is 2. The summed E-state index contributed by atoms with van der Waals surface area (Å²) in [4.78, 5) is 26.7. The number of halogens is 3. The van der Waals surface area contributed by atoms with Crippen LogP contribution in [0.1, 0.15) is 12.5 Å². The molecule has 1 aliphatic heterocycles. The van der Waals surface area contributed by atoms with Crippen LogP contribution < -0.4 is 15.0 Å². The minimum Gasteiger partial charge on any atom is -0.493 e. The molecule has 2 aromatic rings. The van der Waals surface area contributed by atoms with Gasteiger partial charge in [-0.1, -0.05) is 45.2 Å². The highest BCUT2D eigenvalue weighted by atomic mass is 79.9. The van der Waals surface area contributed by atoms with Gasteiger partial charge in [0.25, 0.3) is 11.8 Å². The molecule has 3 rings (SSSR count). The molecule has 1 heterocycles. The van der Waals surface area contributed by atoms with E-state index in [0.717, 1.165) is 9.37 Å². The van der Waals surface area contributed by atoms with E-state index >= 15 is 0 Å². The number of nitrogens with zero attached hydrogens (tertiary/aromatic N) is 1. The molecule has 0 saturated carbocycles. The highest BCUT2D eigenvalue weighted by molar-refractivity contribution is 9.10. The van der Waals surface area contributed by atoms with Crippen LogP contribution in [0.5, 0.6) is 5.75 Å². The van der Waals surface area contributed by atoms with Crippen LogP contribution >= 0.6 is 51.3 Å². The first-order valence-electron chi connectivity index (χ1n) is 8.11. The Bertz CT molecular complexity index is 1030. The van der Waals surface area contributed by atoms with Gasteiger partial charge in [-0.25, -0.2) is 0 Å². The summed E-state index contributed by atoms with van der Waals surface area (Å²) in [5, 5.41) is 2.87. The van der Waals surface area contributed by atoms with Gasteiger partial charge < -0.3 is 4.74 Å². The Morgan fingerprint density at radius 1 is 1.25 bits per heavy atom. The predicted molar refractivity (Wildman–Crippen MR) is 118 cm³/mol. The summed E-state index contributed by atoms with van der Waals surface area (Å²) >= 11 is 20.9. The van der Waals surface area contributed by atoms with E-state index < -0.39 is 11.8 Å². The van der Waals surface area contributed by atoms with Crippen LogP contribution in [0.3, 0.4) is 0 Å². The standard InChI is InChI=1S/C19H13BrCl2N2O3S/c1-2-27-15-7-6-11(20)8-10(15)9-12-17(25)23-19(28)24(18(12)26)14-5-3-4-13(21)16(14)22/h3-9H,2H2,1H3,(H,23,25,28)/b12-9+. The second kappa shape index (κ2) is 8.61. The minimum absolute atomic E-state index is 0.0735. The van der Waals surface area contributed by atoms with E-state index in [0.29, 0.717) is 17.9 Å². The van der Waals surface area contributed by atoms with Crippen molar-refractivity contribution in [2.75, 3.05) is 11.5 Å². The third-order valence-corrected chi connectivity index (χ3v) is 5.43. The maximum atomic E-state index is 13.1. The fraction of sp³-hybridized carbons (Fsp3) is 0.105. The topological polar surface area (TPSA) is 58.6 Å². The van der Waals surface area contributed by atoms with Crippen LogP contribution in [0.15, 0.2) is 46.4 Å². The van der Waals surface area contributed by atoms with E-state index in [1.165, 1.54) is 6.08 Å². The molecule has 1 fully saturated rings. The molecule has 5 nitrogen and oxygen atoms in total. The van der Waals surface area contributed by atoms with Crippen LogP contribution in [0.2, 0.25) is 10.0 Å². The molecule has 2 amide bonds.